The molecule has 2 N–H and O–H groups in total. The zero-order valence-corrected chi connectivity index (χ0v) is 18.8. The SMILES string of the molecule is Cc1cc2ncnc(Nc3ccc(OCc4cccc(F)c4)c(Cl)c3)c2n1CCOCCO. The Kier molecular flexibility index (Phi) is 7.39. The molecule has 0 radical (unpaired) electrons. The van der Waals surface area contributed by atoms with Crippen LogP contribution in [0.1, 0.15) is 11.3 Å². The van der Waals surface area contributed by atoms with E-state index < -0.39 is 0 Å². The Hall–Kier alpha value is -3.20. The maximum atomic E-state index is 13.4. The van der Waals surface area contributed by atoms with Gasteiger partial charge in [0, 0.05) is 17.9 Å². The van der Waals surface area contributed by atoms with E-state index in [0.717, 1.165) is 28.0 Å². The van der Waals surface area contributed by atoms with Crippen LogP contribution in [0.5, 0.6) is 5.75 Å². The van der Waals surface area contributed by atoms with Crippen molar-refractivity contribution in [2.45, 2.75) is 20.1 Å². The van der Waals surface area contributed by atoms with E-state index >= 15 is 0 Å². The quantitative estimate of drug-likeness (QED) is 0.322. The van der Waals surface area contributed by atoms with E-state index in [4.69, 9.17) is 26.2 Å². The Morgan fingerprint density at radius 1 is 1.12 bits per heavy atom. The molecule has 0 aliphatic carbocycles. The van der Waals surface area contributed by atoms with Gasteiger partial charge in [-0.1, -0.05) is 23.7 Å². The molecular weight excluding hydrogens is 447 g/mol. The summed E-state index contributed by atoms with van der Waals surface area (Å²) in [4.78, 5) is 8.80. The van der Waals surface area contributed by atoms with Gasteiger partial charge in [-0.15, -0.1) is 0 Å². The zero-order chi connectivity index (χ0) is 23.2. The summed E-state index contributed by atoms with van der Waals surface area (Å²) in [6, 6.07) is 13.6. The predicted molar refractivity (Wildman–Crippen MR) is 126 cm³/mol. The molecule has 0 fully saturated rings. The molecule has 4 aromatic rings. The van der Waals surface area contributed by atoms with E-state index in [1.807, 2.05) is 19.1 Å². The normalized spacial score (nSPS) is 11.2. The number of nitrogens with zero attached hydrogens (tertiary/aromatic N) is 3. The number of benzene rings is 2. The number of aryl methyl sites for hydroxylation is 1. The molecule has 172 valence electrons. The number of halogens is 2. The second-order valence-corrected chi connectivity index (χ2v) is 7.83. The molecule has 0 saturated heterocycles. The van der Waals surface area contributed by atoms with Crippen LogP contribution in [0, 0.1) is 12.7 Å². The summed E-state index contributed by atoms with van der Waals surface area (Å²) in [6.45, 7) is 3.56. The number of fused-ring (bicyclic) bond motifs is 1. The lowest BCUT2D eigenvalue weighted by Crippen LogP contribution is -2.10. The fourth-order valence-electron chi connectivity index (χ4n) is 3.54. The Bertz CT molecular complexity index is 1250. The van der Waals surface area contributed by atoms with Gasteiger partial charge in [-0.25, -0.2) is 14.4 Å². The molecule has 0 aliphatic rings. The van der Waals surface area contributed by atoms with Gasteiger partial charge in [0.05, 0.1) is 30.4 Å². The number of ether oxygens (including phenoxy) is 2. The van der Waals surface area contributed by atoms with Gasteiger partial charge >= 0.3 is 0 Å². The number of hydrogen-bond acceptors (Lipinski definition) is 6. The maximum absolute atomic E-state index is 13.4. The van der Waals surface area contributed by atoms with Crippen LogP contribution in [0.2, 0.25) is 5.02 Å². The number of anilines is 2. The lowest BCUT2D eigenvalue weighted by atomic mass is 10.2. The third-order valence-electron chi connectivity index (χ3n) is 5.06. The number of rotatable bonds is 10. The van der Waals surface area contributed by atoms with Crippen molar-refractivity contribution in [1.29, 1.82) is 0 Å². The van der Waals surface area contributed by atoms with Crippen LogP contribution in [0.4, 0.5) is 15.9 Å². The van der Waals surface area contributed by atoms with E-state index in [1.165, 1.54) is 18.5 Å². The van der Waals surface area contributed by atoms with Gasteiger partial charge in [0.1, 0.15) is 30.0 Å². The third kappa shape index (κ3) is 5.60. The molecule has 7 nitrogen and oxygen atoms in total. The summed E-state index contributed by atoms with van der Waals surface area (Å²) in [5, 5.41) is 12.6. The summed E-state index contributed by atoms with van der Waals surface area (Å²) in [7, 11) is 0. The van der Waals surface area contributed by atoms with Crippen molar-refractivity contribution in [3.63, 3.8) is 0 Å². The molecule has 0 amide bonds. The largest absolute Gasteiger partial charge is 0.487 e. The van der Waals surface area contributed by atoms with Gasteiger partial charge in [-0.3, -0.25) is 0 Å². The number of aromatic nitrogens is 3. The average molecular weight is 471 g/mol. The van der Waals surface area contributed by atoms with Crippen LogP contribution in [0.15, 0.2) is 54.9 Å². The molecule has 0 saturated carbocycles. The number of nitrogens with one attached hydrogen (secondary N) is 1. The summed E-state index contributed by atoms with van der Waals surface area (Å²) in [5.41, 5.74) is 4.15. The molecule has 9 heteroatoms. The fraction of sp³-hybridized carbons (Fsp3) is 0.250. The molecule has 0 aliphatic heterocycles. The van der Waals surface area contributed by atoms with E-state index in [0.29, 0.717) is 36.3 Å². The highest BCUT2D eigenvalue weighted by Crippen LogP contribution is 2.31. The van der Waals surface area contributed by atoms with Gasteiger partial charge in [0.2, 0.25) is 0 Å². The minimum atomic E-state index is -0.308. The fourth-order valence-corrected chi connectivity index (χ4v) is 3.77. The van der Waals surface area contributed by atoms with Gasteiger partial charge < -0.3 is 24.5 Å². The first-order valence-corrected chi connectivity index (χ1v) is 10.9. The lowest BCUT2D eigenvalue weighted by Gasteiger charge is -2.13. The van der Waals surface area contributed by atoms with Gasteiger partial charge in [0.25, 0.3) is 0 Å². The second kappa shape index (κ2) is 10.6. The number of aliphatic hydroxyl groups is 1. The summed E-state index contributed by atoms with van der Waals surface area (Å²) in [5.74, 6) is 0.831. The molecule has 2 aromatic carbocycles. The van der Waals surface area contributed by atoms with Gasteiger partial charge in [-0.2, -0.15) is 0 Å². The van der Waals surface area contributed by atoms with E-state index in [9.17, 15) is 4.39 Å². The zero-order valence-electron chi connectivity index (χ0n) is 18.1. The van der Waals surface area contributed by atoms with Crippen LogP contribution in [0.3, 0.4) is 0 Å². The number of aliphatic hydroxyl groups excluding tert-OH is 1. The van der Waals surface area contributed by atoms with Crippen LogP contribution in [0.25, 0.3) is 11.0 Å². The van der Waals surface area contributed by atoms with Crippen molar-refractivity contribution in [3.05, 3.63) is 77.0 Å². The van der Waals surface area contributed by atoms with Crippen LogP contribution in [-0.2, 0) is 17.9 Å². The third-order valence-corrected chi connectivity index (χ3v) is 5.36. The van der Waals surface area contributed by atoms with Crippen molar-refractivity contribution in [2.75, 3.05) is 25.1 Å². The lowest BCUT2D eigenvalue weighted by molar-refractivity contribution is 0.0873. The first-order chi connectivity index (χ1) is 16.0. The summed E-state index contributed by atoms with van der Waals surface area (Å²) < 4.78 is 26.6. The van der Waals surface area contributed by atoms with Gasteiger partial charge in [-0.05, 0) is 48.9 Å². The molecule has 2 heterocycles. The smallest absolute Gasteiger partial charge is 0.158 e. The van der Waals surface area contributed by atoms with Crippen molar-refractivity contribution < 1.29 is 19.0 Å². The topological polar surface area (TPSA) is 81.4 Å². The van der Waals surface area contributed by atoms with Gasteiger partial charge in [0.15, 0.2) is 5.82 Å². The Morgan fingerprint density at radius 2 is 2.00 bits per heavy atom. The first kappa shape index (κ1) is 23.0. The van der Waals surface area contributed by atoms with E-state index in [2.05, 4.69) is 19.9 Å². The molecule has 0 atom stereocenters. The van der Waals surface area contributed by atoms with E-state index in [-0.39, 0.29) is 19.0 Å². The highest BCUT2D eigenvalue weighted by Gasteiger charge is 2.13. The van der Waals surface area contributed by atoms with Crippen LogP contribution < -0.4 is 10.1 Å². The molecule has 2 aromatic heterocycles. The molecular formula is C24H24ClFN4O3. The highest BCUT2D eigenvalue weighted by molar-refractivity contribution is 6.32. The Morgan fingerprint density at radius 3 is 2.79 bits per heavy atom. The minimum absolute atomic E-state index is 0.00989. The van der Waals surface area contributed by atoms with E-state index in [1.54, 1.807) is 24.3 Å². The predicted octanol–water partition coefficient (Wildman–Crippen LogP) is 4.86. The van der Waals surface area contributed by atoms with Crippen LogP contribution >= 0.6 is 11.6 Å². The number of hydrogen-bond donors (Lipinski definition) is 2. The summed E-state index contributed by atoms with van der Waals surface area (Å²) >= 11 is 6.43. The molecule has 0 bridgehead atoms. The van der Waals surface area contributed by atoms with Crippen LogP contribution in [-0.4, -0.2) is 39.5 Å². The minimum Gasteiger partial charge on any atom is -0.487 e. The van der Waals surface area contributed by atoms with Crippen molar-refractivity contribution in [3.8, 4) is 5.75 Å². The van der Waals surface area contributed by atoms with Crippen molar-refractivity contribution >= 4 is 34.1 Å². The maximum Gasteiger partial charge on any atom is 0.158 e. The monoisotopic (exact) mass is 470 g/mol. The second-order valence-electron chi connectivity index (χ2n) is 7.42. The Balaban J connectivity index is 1.51. The first-order valence-electron chi connectivity index (χ1n) is 10.5. The molecule has 4 rings (SSSR count). The highest BCUT2D eigenvalue weighted by atomic mass is 35.5. The molecule has 33 heavy (non-hydrogen) atoms. The average Bonchev–Trinajstić information content (AvgIpc) is 3.12. The molecule has 0 unspecified atom stereocenters. The van der Waals surface area contributed by atoms with Crippen molar-refractivity contribution in [1.82, 2.24) is 14.5 Å². The summed E-state index contributed by atoms with van der Waals surface area (Å²) in [6.07, 6.45) is 1.51. The van der Waals surface area contributed by atoms with Crippen molar-refractivity contribution in [2.24, 2.45) is 0 Å². The molecule has 0 spiro atoms. The standard InChI is InChI=1S/C24H24ClFN4O3/c1-16-11-21-23(30(16)7-9-32-10-8-31)24(28-15-27-21)29-19-5-6-22(20(25)13-19)33-14-17-3-2-4-18(26)12-17/h2-6,11-13,15,31H,7-10,14H2,1H3,(H,27,28,29). The Labute approximate surface area is 195 Å².